The number of β-amino-alcohol motifs (C(OH)–C–C–N with tert-alkyl or cyclic N) is 2. The third-order valence-electron chi connectivity index (χ3n) is 3.46. The number of hydrogen-bond acceptors (Lipinski definition) is 5. The third kappa shape index (κ3) is 2.62. The second-order valence-corrected chi connectivity index (χ2v) is 4.52. The number of aliphatic hydroxyl groups excluding tert-OH is 2. The molecule has 5 heteroatoms. The van der Waals surface area contributed by atoms with Crippen LogP contribution in [0.2, 0.25) is 0 Å². The SMILES string of the molecule is NC1=CC=C2C(C1)N(CCO)CCN2CCO. The van der Waals surface area contributed by atoms with E-state index in [0.29, 0.717) is 13.1 Å². The number of fused-ring (bicyclic) bond motifs is 1. The molecule has 17 heavy (non-hydrogen) atoms. The van der Waals surface area contributed by atoms with Gasteiger partial charge in [-0.2, -0.15) is 0 Å². The summed E-state index contributed by atoms with van der Waals surface area (Å²) in [4.78, 5) is 4.47. The first-order valence-electron chi connectivity index (χ1n) is 6.13. The molecule has 0 aromatic carbocycles. The molecule has 0 amide bonds. The average Bonchev–Trinajstić information content (AvgIpc) is 2.32. The number of aliphatic hydroxyl groups is 2. The van der Waals surface area contributed by atoms with Crippen molar-refractivity contribution in [2.24, 2.45) is 5.73 Å². The van der Waals surface area contributed by atoms with Crippen LogP contribution in [0.5, 0.6) is 0 Å². The summed E-state index contributed by atoms with van der Waals surface area (Å²) in [5.74, 6) is 0. The smallest absolute Gasteiger partial charge is 0.0606 e. The Kier molecular flexibility index (Phi) is 4.04. The van der Waals surface area contributed by atoms with E-state index in [4.69, 9.17) is 15.9 Å². The van der Waals surface area contributed by atoms with Gasteiger partial charge in [-0.1, -0.05) is 0 Å². The average molecular weight is 239 g/mol. The third-order valence-corrected chi connectivity index (χ3v) is 3.46. The van der Waals surface area contributed by atoms with E-state index >= 15 is 0 Å². The minimum atomic E-state index is 0.170. The lowest BCUT2D eigenvalue weighted by Crippen LogP contribution is -2.53. The molecule has 1 fully saturated rings. The Morgan fingerprint density at radius 2 is 1.94 bits per heavy atom. The highest BCUT2D eigenvalue weighted by atomic mass is 16.3. The van der Waals surface area contributed by atoms with E-state index < -0.39 is 0 Å². The molecule has 0 aromatic heterocycles. The van der Waals surface area contributed by atoms with Gasteiger partial charge in [0.25, 0.3) is 0 Å². The van der Waals surface area contributed by atoms with Crippen LogP contribution in [0, 0.1) is 0 Å². The molecule has 4 N–H and O–H groups in total. The quantitative estimate of drug-likeness (QED) is 0.592. The number of hydrogen-bond donors (Lipinski definition) is 3. The van der Waals surface area contributed by atoms with Gasteiger partial charge in [0.1, 0.15) is 0 Å². The van der Waals surface area contributed by atoms with E-state index in [1.807, 2.05) is 12.2 Å². The zero-order valence-corrected chi connectivity index (χ0v) is 10.0. The number of piperazine rings is 1. The van der Waals surface area contributed by atoms with Crippen LogP contribution in [0.1, 0.15) is 6.42 Å². The van der Waals surface area contributed by atoms with Gasteiger partial charge in [-0.05, 0) is 12.2 Å². The Hall–Kier alpha value is -1.04. The molecule has 5 nitrogen and oxygen atoms in total. The van der Waals surface area contributed by atoms with Crippen LogP contribution in [0.3, 0.4) is 0 Å². The summed E-state index contributed by atoms with van der Waals surface area (Å²) in [6, 6.07) is 0.257. The minimum absolute atomic E-state index is 0.170. The molecule has 1 atom stereocenters. The van der Waals surface area contributed by atoms with E-state index in [1.54, 1.807) is 0 Å². The van der Waals surface area contributed by atoms with Crippen molar-refractivity contribution in [1.29, 1.82) is 0 Å². The maximum atomic E-state index is 9.08. The first kappa shape index (κ1) is 12.4. The summed E-state index contributed by atoms with van der Waals surface area (Å²) in [6.45, 7) is 3.51. The Labute approximate surface area is 102 Å². The molecule has 1 saturated heterocycles. The molecule has 0 radical (unpaired) electrons. The van der Waals surface area contributed by atoms with Crippen molar-refractivity contribution in [2.45, 2.75) is 12.5 Å². The molecule has 1 aliphatic heterocycles. The summed E-state index contributed by atoms with van der Waals surface area (Å²) >= 11 is 0. The Balaban J connectivity index is 2.15. The molecular weight excluding hydrogens is 218 g/mol. The molecule has 1 aliphatic carbocycles. The largest absolute Gasteiger partial charge is 0.402 e. The fourth-order valence-electron chi connectivity index (χ4n) is 2.62. The highest BCUT2D eigenvalue weighted by Crippen LogP contribution is 2.27. The molecule has 96 valence electrons. The van der Waals surface area contributed by atoms with Gasteiger partial charge in [-0.3, -0.25) is 4.90 Å². The van der Waals surface area contributed by atoms with Crippen LogP contribution >= 0.6 is 0 Å². The maximum absolute atomic E-state index is 9.08. The molecule has 0 spiro atoms. The molecule has 0 bridgehead atoms. The lowest BCUT2D eigenvalue weighted by molar-refractivity contribution is 0.0869. The van der Waals surface area contributed by atoms with Crippen molar-refractivity contribution in [3.8, 4) is 0 Å². The fraction of sp³-hybridized carbons (Fsp3) is 0.667. The van der Waals surface area contributed by atoms with Gasteiger partial charge in [0.15, 0.2) is 0 Å². The van der Waals surface area contributed by atoms with Gasteiger partial charge < -0.3 is 20.8 Å². The van der Waals surface area contributed by atoms with Crippen molar-refractivity contribution in [2.75, 3.05) is 39.4 Å². The zero-order valence-electron chi connectivity index (χ0n) is 10.0. The van der Waals surface area contributed by atoms with Crippen molar-refractivity contribution in [3.05, 3.63) is 23.5 Å². The number of nitrogens with zero attached hydrogens (tertiary/aromatic N) is 2. The number of allylic oxidation sites excluding steroid dienone is 2. The van der Waals surface area contributed by atoms with Gasteiger partial charge >= 0.3 is 0 Å². The Bertz CT molecular complexity index is 328. The summed E-state index contributed by atoms with van der Waals surface area (Å²) in [7, 11) is 0. The summed E-state index contributed by atoms with van der Waals surface area (Å²) < 4.78 is 0. The number of rotatable bonds is 4. The maximum Gasteiger partial charge on any atom is 0.0606 e. The summed E-state index contributed by atoms with van der Waals surface area (Å²) in [6.07, 6.45) is 4.80. The van der Waals surface area contributed by atoms with Crippen molar-refractivity contribution >= 4 is 0 Å². The van der Waals surface area contributed by atoms with Crippen LogP contribution in [0.15, 0.2) is 23.5 Å². The van der Waals surface area contributed by atoms with Gasteiger partial charge in [0.2, 0.25) is 0 Å². The molecule has 2 aliphatic rings. The van der Waals surface area contributed by atoms with Crippen LogP contribution in [-0.2, 0) is 0 Å². The molecule has 1 unspecified atom stereocenters. The van der Waals surface area contributed by atoms with Gasteiger partial charge in [-0.15, -0.1) is 0 Å². The second kappa shape index (κ2) is 5.53. The molecule has 2 rings (SSSR count). The number of nitrogens with two attached hydrogens (primary N) is 1. The molecule has 0 saturated carbocycles. The van der Waals surface area contributed by atoms with Crippen molar-refractivity contribution < 1.29 is 10.2 Å². The lowest BCUT2D eigenvalue weighted by atomic mass is 9.97. The predicted octanol–water partition coefficient (Wildman–Crippen LogP) is -0.913. The topological polar surface area (TPSA) is 73.0 Å². The van der Waals surface area contributed by atoms with Crippen LogP contribution in [0.4, 0.5) is 0 Å². The van der Waals surface area contributed by atoms with Crippen LogP contribution in [0.25, 0.3) is 0 Å². The molecular formula is C12H21N3O2. The monoisotopic (exact) mass is 239 g/mol. The Morgan fingerprint density at radius 3 is 2.65 bits per heavy atom. The lowest BCUT2D eigenvalue weighted by Gasteiger charge is -2.45. The summed E-state index contributed by atoms with van der Waals surface area (Å²) in [5, 5.41) is 18.2. The van der Waals surface area contributed by atoms with Crippen LogP contribution in [-0.4, -0.2) is 65.4 Å². The van der Waals surface area contributed by atoms with Crippen molar-refractivity contribution in [3.63, 3.8) is 0 Å². The molecule has 1 heterocycles. The van der Waals surface area contributed by atoms with E-state index in [9.17, 15) is 0 Å². The fourth-order valence-corrected chi connectivity index (χ4v) is 2.62. The first-order valence-corrected chi connectivity index (χ1v) is 6.13. The first-order chi connectivity index (χ1) is 8.26. The van der Waals surface area contributed by atoms with E-state index in [-0.39, 0.29) is 19.3 Å². The van der Waals surface area contributed by atoms with Crippen LogP contribution < -0.4 is 5.73 Å². The highest BCUT2D eigenvalue weighted by molar-refractivity contribution is 5.28. The Morgan fingerprint density at radius 1 is 1.18 bits per heavy atom. The predicted molar refractivity (Wildman–Crippen MR) is 66.1 cm³/mol. The highest BCUT2D eigenvalue weighted by Gasteiger charge is 2.32. The van der Waals surface area contributed by atoms with E-state index in [2.05, 4.69) is 9.80 Å². The minimum Gasteiger partial charge on any atom is -0.402 e. The van der Waals surface area contributed by atoms with E-state index in [0.717, 1.165) is 25.2 Å². The molecule has 0 aromatic rings. The van der Waals surface area contributed by atoms with Crippen molar-refractivity contribution in [1.82, 2.24) is 9.80 Å². The van der Waals surface area contributed by atoms with Gasteiger partial charge in [0, 0.05) is 44.0 Å². The van der Waals surface area contributed by atoms with E-state index in [1.165, 1.54) is 5.70 Å². The van der Waals surface area contributed by atoms with Gasteiger partial charge in [0.05, 0.1) is 19.3 Å². The normalized spacial score (nSPS) is 25.3. The zero-order chi connectivity index (χ0) is 12.3. The summed E-state index contributed by atoms with van der Waals surface area (Å²) in [5.41, 5.74) is 7.98. The second-order valence-electron chi connectivity index (χ2n) is 4.52. The van der Waals surface area contributed by atoms with Gasteiger partial charge in [-0.25, -0.2) is 0 Å². The standard InChI is InChI=1S/C12H21N3O2/c13-10-1-2-11-12(9-10)15(6-8-17)4-3-14(11)5-7-16/h1-2,12,16-17H,3-9,13H2.